The first-order valence-electron chi connectivity index (χ1n) is 7.94. The summed E-state index contributed by atoms with van der Waals surface area (Å²) in [7, 11) is 0. The van der Waals surface area contributed by atoms with Gasteiger partial charge in [0, 0.05) is 24.0 Å². The summed E-state index contributed by atoms with van der Waals surface area (Å²) >= 11 is 0. The van der Waals surface area contributed by atoms with Gasteiger partial charge >= 0.3 is 0 Å². The van der Waals surface area contributed by atoms with Crippen LogP contribution in [0.4, 0.5) is 5.69 Å². The van der Waals surface area contributed by atoms with Crippen LogP contribution >= 0.6 is 0 Å². The molecule has 0 spiro atoms. The largest absolute Gasteiger partial charge is 0.457 e. The van der Waals surface area contributed by atoms with E-state index in [4.69, 9.17) is 10.5 Å². The number of carbonyl (C=O) groups is 1. The van der Waals surface area contributed by atoms with Crippen molar-refractivity contribution >= 4 is 11.6 Å². The number of hydrogen-bond acceptors (Lipinski definition) is 4. The zero-order valence-electron chi connectivity index (χ0n) is 13.9. The van der Waals surface area contributed by atoms with Gasteiger partial charge in [0.25, 0.3) is 5.91 Å². The lowest BCUT2D eigenvalue weighted by molar-refractivity contribution is 0.0995. The monoisotopic (exact) mass is 333 g/mol. The van der Waals surface area contributed by atoms with Crippen LogP contribution in [0.2, 0.25) is 0 Å². The zero-order valence-corrected chi connectivity index (χ0v) is 13.9. The zero-order chi connectivity index (χ0) is 17.6. The normalized spacial score (nSPS) is 10.3. The third-order valence-electron chi connectivity index (χ3n) is 3.78. The molecule has 126 valence electrons. The Morgan fingerprint density at radius 2 is 1.80 bits per heavy atom. The lowest BCUT2D eigenvalue weighted by Gasteiger charge is -2.14. The fourth-order valence-corrected chi connectivity index (χ4v) is 2.41. The van der Waals surface area contributed by atoms with E-state index in [1.165, 1.54) is 0 Å². The van der Waals surface area contributed by atoms with Crippen molar-refractivity contribution in [3.63, 3.8) is 0 Å². The second-order valence-electron chi connectivity index (χ2n) is 5.62. The van der Waals surface area contributed by atoms with Crippen molar-refractivity contribution in [1.29, 1.82) is 0 Å². The van der Waals surface area contributed by atoms with Gasteiger partial charge in [-0.25, -0.2) is 0 Å². The van der Waals surface area contributed by atoms with Crippen molar-refractivity contribution in [3.8, 4) is 11.5 Å². The molecule has 0 aliphatic heterocycles. The molecule has 0 fully saturated rings. The van der Waals surface area contributed by atoms with Gasteiger partial charge < -0.3 is 15.8 Å². The van der Waals surface area contributed by atoms with Crippen LogP contribution in [0.3, 0.4) is 0 Å². The quantitative estimate of drug-likeness (QED) is 0.717. The Labute approximate surface area is 146 Å². The van der Waals surface area contributed by atoms with Gasteiger partial charge in [0.2, 0.25) is 0 Å². The van der Waals surface area contributed by atoms with E-state index >= 15 is 0 Å². The number of para-hydroxylation sites is 2. The highest BCUT2D eigenvalue weighted by molar-refractivity contribution is 5.91. The minimum atomic E-state index is -0.549. The molecule has 0 radical (unpaired) electrons. The van der Waals surface area contributed by atoms with Gasteiger partial charge in [-0.15, -0.1) is 0 Å². The lowest BCUT2D eigenvalue weighted by atomic mass is 10.2. The highest BCUT2D eigenvalue weighted by Crippen LogP contribution is 2.28. The van der Waals surface area contributed by atoms with E-state index in [2.05, 4.69) is 10.3 Å². The van der Waals surface area contributed by atoms with Gasteiger partial charge in [-0.3, -0.25) is 9.78 Å². The molecular weight excluding hydrogens is 314 g/mol. The number of rotatable bonds is 6. The maximum absolute atomic E-state index is 11.2. The van der Waals surface area contributed by atoms with Crippen molar-refractivity contribution in [2.24, 2.45) is 5.73 Å². The fourth-order valence-electron chi connectivity index (χ4n) is 2.41. The molecule has 0 aliphatic rings. The Morgan fingerprint density at radius 1 is 1.08 bits per heavy atom. The van der Waals surface area contributed by atoms with E-state index < -0.39 is 5.91 Å². The topological polar surface area (TPSA) is 77.2 Å². The van der Waals surface area contributed by atoms with Crippen molar-refractivity contribution in [2.45, 2.75) is 13.5 Å². The minimum absolute atomic E-state index is 0.231. The van der Waals surface area contributed by atoms with Crippen molar-refractivity contribution in [3.05, 3.63) is 83.7 Å². The summed E-state index contributed by atoms with van der Waals surface area (Å²) in [5.74, 6) is 1.07. The fraction of sp³-hybridized carbons (Fsp3) is 0.100. The average molecular weight is 333 g/mol. The Morgan fingerprint density at radius 3 is 2.56 bits per heavy atom. The molecule has 0 bridgehead atoms. The van der Waals surface area contributed by atoms with Crippen LogP contribution in [0.1, 0.15) is 21.6 Å². The average Bonchev–Trinajstić information content (AvgIpc) is 2.63. The van der Waals surface area contributed by atoms with Crippen molar-refractivity contribution < 1.29 is 9.53 Å². The molecule has 0 aliphatic carbocycles. The number of anilines is 1. The molecule has 5 nitrogen and oxygen atoms in total. The standard InChI is InChI=1S/C20H19N3O2/c1-14-6-2-4-8-18(14)25-19-9-5-3-7-15(19)13-23-16-10-11-22-17(12-16)20(21)24/h2-12H,13H2,1H3,(H2,21,24)(H,22,23). The van der Waals surface area contributed by atoms with Crippen LogP contribution in [-0.4, -0.2) is 10.9 Å². The molecule has 1 aromatic heterocycles. The van der Waals surface area contributed by atoms with Crippen molar-refractivity contribution in [2.75, 3.05) is 5.32 Å². The number of carbonyl (C=O) groups excluding carboxylic acids is 1. The number of amides is 1. The Kier molecular flexibility index (Phi) is 4.95. The molecule has 25 heavy (non-hydrogen) atoms. The van der Waals surface area contributed by atoms with E-state index in [1.807, 2.05) is 55.5 Å². The highest BCUT2D eigenvalue weighted by Gasteiger charge is 2.07. The lowest BCUT2D eigenvalue weighted by Crippen LogP contribution is -2.13. The Balaban J connectivity index is 1.76. The van der Waals surface area contributed by atoms with E-state index in [0.29, 0.717) is 6.54 Å². The summed E-state index contributed by atoms with van der Waals surface area (Å²) in [6.07, 6.45) is 1.55. The van der Waals surface area contributed by atoms with Crippen LogP contribution < -0.4 is 15.8 Å². The summed E-state index contributed by atoms with van der Waals surface area (Å²) in [5.41, 5.74) is 8.35. The second-order valence-corrected chi connectivity index (χ2v) is 5.62. The van der Waals surface area contributed by atoms with Gasteiger partial charge in [-0.1, -0.05) is 36.4 Å². The molecule has 3 N–H and O–H groups in total. The Hall–Kier alpha value is -3.34. The third kappa shape index (κ3) is 4.14. The van der Waals surface area contributed by atoms with Crippen LogP contribution in [0.15, 0.2) is 66.9 Å². The summed E-state index contributed by atoms with van der Waals surface area (Å²) in [5, 5.41) is 3.27. The number of nitrogens with two attached hydrogens (primary N) is 1. The minimum Gasteiger partial charge on any atom is -0.457 e. The molecule has 0 saturated heterocycles. The number of nitrogens with zero attached hydrogens (tertiary/aromatic N) is 1. The van der Waals surface area contributed by atoms with E-state index in [9.17, 15) is 4.79 Å². The van der Waals surface area contributed by atoms with Gasteiger partial charge in [0.05, 0.1) is 0 Å². The predicted octanol–water partition coefficient (Wildman–Crippen LogP) is 3.89. The number of primary amides is 1. The van der Waals surface area contributed by atoms with E-state index in [0.717, 1.165) is 28.3 Å². The summed E-state index contributed by atoms with van der Waals surface area (Å²) in [4.78, 5) is 15.2. The molecule has 1 amide bonds. The van der Waals surface area contributed by atoms with E-state index in [1.54, 1.807) is 18.3 Å². The van der Waals surface area contributed by atoms with Gasteiger partial charge in [0.1, 0.15) is 17.2 Å². The number of nitrogens with one attached hydrogen (secondary N) is 1. The van der Waals surface area contributed by atoms with Crippen LogP contribution in [0.5, 0.6) is 11.5 Å². The SMILES string of the molecule is Cc1ccccc1Oc1ccccc1CNc1ccnc(C(N)=O)c1. The Bertz CT molecular complexity index is 893. The van der Waals surface area contributed by atoms with Crippen LogP contribution in [0, 0.1) is 6.92 Å². The molecule has 0 atom stereocenters. The number of hydrogen-bond donors (Lipinski definition) is 2. The number of aromatic nitrogens is 1. The molecule has 1 heterocycles. The van der Waals surface area contributed by atoms with E-state index in [-0.39, 0.29) is 5.69 Å². The molecule has 0 saturated carbocycles. The first-order valence-corrected chi connectivity index (χ1v) is 7.94. The number of ether oxygens (including phenoxy) is 1. The highest BCUT2D eigenvalue weighted by atomic mass is 16.5. The number of pyridine rings is 1. The second kappa shape index (κ2) is 7.49. The van der Waals surface area contributed by atoms with Crippen LogP contribution in [-0.2, 0) is 6.54 Å². The summed E-state index contributed by atoms with van der Waals surface area (Å²) in [6.45, 7) is 2.56. The predicted molar refractivity (Wildman–Crippen MR) is 97.8 cm³/mol. The summed E-state index contributed by atoms with van der Waals surface area (Å²) in [6, 6.07) is 19.1. The number of benzene rings is 2. The molecule has 5 heteroatoms. The maximum Gasteiger partial charge on any atom is 0.267 e. The molecule has 2 aromatic carbocycles. The maximum atomic E-state index is 11.2. The van der Waals surface area contributed by atoms with Crippen molar-refractivity contribution in [1.82, 2.24) is 4.98 Å². The van der Waals surface area contributed by atoms with Gasteiger partial charge in [-0.2, -0.15) is 0 Å². The van der Waals surface area contributed by atoms with Gasteiger partial charge in [-0.05, 0) is 36.8 Å². The van der Waals surface area contributed by atoms with Gasteiger partial charge in [0.15, 0.2) is 0 Å². The third-order valence-corrected chi connectivity index (χ3v) is 3.78. The van der Waals surface area contributed by atoms with Crippen LogP contribution in [0.25, 0.3) is 0 Å². The molecule has 3 rings (SSSR count). The number of aryl methyl sites for hydroxylation is 1. The molecule has 0 unspecified atom stereocenters. The summed E-state index contributed by atoms with van der Waals surface area (Å²) < 4.78 is 6.06. The smallest absolute Gasteiger partial charge is 0.267 e. The first-order chi connectivity index (χ1) is 12.1. The molecular formula is C20H19N3O2. The first kappa shape index (κ1) is 16.5. The molecule has 3 aromatic rings.